The second kappa shape index (κ2) is 6.66. The first-order valence-corrected chi connectivity index (χ1v) is 7.36. The Morgan fingerprint density at radius 3 is 2.44 bits per heavy atom. The molecule has 0 aliphatic heterocycles. The summed E-state index contributed by atoms with van der Waals surface area (Å²) in [6.45, 7) is 5.35. The summed E-state index contributed by atoms with van der Waals surface area (Å²) >= 11 is 1.93. The van der Waals surface area contributed by atoms with Crippen molar-refractivity contribution in [1.29, 1.82) is 0 Å². The average Bonchev–Trinajstić information content (AvgIpc) is 2.87. The van der Waals surface area contributed by atoms with Gasteiger partial charge in [0.2, 0.25) is 0 Å². The molecular formula is C15H20N2S. The van der Waals surface area contributed by atoms with Crippen molar-refractivity contribution in [1.82, 2.24) is 10.3 Å². The van der Waals surface area contributed by atoms with Crippen molar-refractivity contribution in [2.24, 2.45) is 0 Å². The van der Waals surface area contributed by atoms with E-state index in [9.17, 15) is 0 Å². The van der Waals surface area contributed by atoms with Crippen LogP contribution in [0.2, 0.25) is 0 Å². The maximum absolute atomic E-state index is 4.09. The molecule has 1 unspecified atom stereocenters. The minimum atomic E-state index is 0.390. The van der Waals surface area contributed by atoms with Crippen LogP contribution in [0, 0.1) is 0 Å². The molecule has 0 aliphatic rings. The minimum Gasteiger partial charge on any atom is -0.310 e. The SMILES string of the molecule is CCNC(Cc1ccc(CC)s1)c1ccncc1. The topological polar surface area (TPSA) is 24.9 Å². The quantitative estimate of drug-likeness (QED) is 0.858. The van der Waals surface area contributed by atoms with Crippen LogP contribution < -0.4 is 5.32 Å². The van der Waals surface area contributed by atoms with Crippen LogP contribution in [-0.2, 0) is 12.8 Å². The fourth-order valence-corrected chi connectivity index (χ4v) is 3.08. The Kier molecular flexibility index (Phi) is 4.90. The predicted molar refractivity (Wildman–Crippen MR) is 78.1 cm³/mol. The molecule has 2 aromatic rings. The van der Waals surface area contributed by atoms with Crippen LogP contribution in [0.3, 0.4) is 0 Å². The van der Waals surface area contributed by atoms with Crippen molar-refractivity contribution in [3.05, 3.63) is 52.0 Å². The minimum absolute atomic E-state index is 0.390. The molecular weight excluding hydrogens is 240 g/mol. The molecule has 0 aliphatic carbocycles. The van der Waals surface area contributed by atoms with Gasteiger partial charge in [-0.2, -0.15) is 0 Å². The highest BCUT2D eigenvalue weighted by Gasteiger charge is 2.12. The first kappa shape index (κ1) is 13.2. The molecule has 0 spiro atoms. The third-order valence-electron chi connectivity index (χ3n) is 3.03. The summed E-state index contributed by atoms with van der Waals surface area (Å²) in [7, 11) is 0. The van der Waals surface area contributed by atoms with Gasteiger partial charge >= 0.3 is 0 Å². The molecule has 0 amide bonds. The summed E-state index contributed by atoms with van der Waals surface area (Å²) in [5.74, 6) is 0. The molecule has 1 N–H and O–H groups in total. The lowest BCUT2D eigenvalue weighted by molar-refractivity contribution is 0.553. The van der Waals surface area contributed by atoms with Gasteiger partial charge in [-0.15, -0.1) is 11.3 Å². The fraction of sp³-hybridized carbons (Fsp3) is 0.400. The number of hydrogen-bond acceptors (Lipinski definition) is 3. The molecule has 2 aromatic heterocycles. The number of pyridine rings is 1. The van der Waals surface area contributed by atoms with Crippen molar-refractivity contribution in [3.8, 4) is 0 Å². The highest BCUT2D eigenvalue weighted by molar-refractivity contribution is 7.11. The van der Waals surface area contributed by atoms with E-state index in [-0.39, 0.29) is 0 Å². The summed E-state index contributed by atoms with van der Waals surface area (Å²) in [5, 5.41) is 3.55. The summed E-state index contributed by atoms with van der Waals surface area (Å²) in [5.41, 5.74) is 1.32. The summed E-state index contributed by atoms with van der Waals surface area (Å²) in [4.78, 5) is 7.01. The molecule has 0 aromatic carbocycles. The largest absolute Gasteiger partial charge is 0.310 e. The van der Waals surface area contributed by atoms with Gasteiger partial charge in [0.25, 0.3) is 0 Å². The van der Waals surface area contributed by atoms with Crippen molar-refractivity contribution >= 4 is 11.3 Å². The molecule has 0 bridgehead atoms. The van der Waals surface area contributed by atoms with E-state index >= 15 is 0 Å². The maximum atomic E-state index is 4.09. The van der Waals surface area contributed by atoms with E-state index in [0.717, 1.165) is 19.4 Å². The second-order valence-corrected chi connectivity index (χ2v) is 5.57. The van der Waals surface area contributed by atoms with Crippen LogP contribution in [0.1, 0.15) is 35.2 Å². The standard InChI is InChI=1S/C15H20N2S/c1-3-13-5-6-14(18-13)11-15(17-4-2)12-7-9-16-10-8-12/h5-10,15,17H,3-4,11H2,1-2H3. The molecule has 0 radical (unpaired) electrons. The number of aryl methyl sites for hydroxylation is 1. The highest BCUT2D eigenvalue weighted by Crippen LogP contribution is 2.23. The Balaban J connectivity index is 2.11. The van der Waals surface area contributed by atoms with Crippen LogP contribution >= 0.6 is 11.3 Å². The van der Waals surface area contributed by atoms with Gasteiger partial charge in [0, 0.05) is 34.6 Å². The second-order valence-electron chi connectivity index (χ2n) is 4.32. The smallest absolute Gasteiger partial charge is 0.0369 e. The molecule has 1 atom stereocenters. The van der Waals surface area contributed by atoms with Gasteiger partial charge in [0.05, 0.1) is 0 Å². The van der Waals surface area contributed by atoms with Crippen LogP contribution in [0.5, 0.6) is 0 Å². The lowest BCUT2D eigenvalue weighted by Gasteiger charge is -2.17. The number of aromatic nitrogens is 1. The predicted octanol–water partition coefficient (Wildman–Crippen LogP) is 3.60. The molecule has 0 saturated carbocycles. The molecule has 2 rings (SSSR count). The average molecular weight is 260 g/mol. The molecule has 3 heteroatoms. The lowest BCUT2D eigenvalue weighted by atomic mass is 10.0. The van der Waals surface area contributed by atoms with Gasteiger partial charge in [0.15, 0.2) is 0 Å². The number of thiophene rings is 1. The maximum Gasteiger partial charge on any atom is 0.0369 e. The van der Waals surface area contributed by atoms with E-state index < -0.39 is 0 Å². The van der Waals surface area contributed by atoms with Crippen LogP contribution in [0.4, 0.5) is 0 Å². The van der Waals surface area contributed by atoms with E-state index in [4.69, 9.17) is 0 Å². The monoisotopic (exact) mass is 260 g/mol. The van der Waals surface area contributed by atoms with Crippen LogP contribution in [0.15, 0.2) is 36.7 Å². The van der Waals surface area contributed by atoms with Crippen molar-refractivity contribution in [3.63, 3.8) is 0 Å². The van der Waals surface area contributed by atoms with Gasteiger partial charge in [-0.1, -0.05) is 13.8 Å². The molecule has 0 fully saturated rings. The van der Waals surface area contributed by atoms with Gasteiger partial charge in [-0.25, -0.2) is 0 Å². The molecule has 0 saturated heterocycles. The van der Waals surface area contributed by atoms with Crippen molar-refractivity contribution in [2.75, 3.05) is 6.54 Å². The third-order valence-corrected chi connectivity index (χ3v) is 4.28. The summed E-state index contributed by atoms with van der Waals surface area (Å²) in [6.07, 6.45) is 5.92. The van der Waals surface area contributed by atoms with E-state index in [0.29, 0.717) is 6.04 Å². The van der Waals surface area contributed by atoms with Gasteiger partial charge in [-0.3, -0.25) is 4.98 Å². The van der Waals surface area contributed by atoms with Gasteiger partial charge < -0.3 is 5.32 Å². The van der Waals surface area contributed by atoms with Crippen LogP contribution in [-0.4, -0.2) is 11.5 Å². The summed E-state index contributed by atoms with van der Waals surface area (Å²) in [6, 6.07) is 9.09. The normalized spacial score (nSPS) is 12.6. The Morgan fingerprint density at radius 2 is 1.83 bits per heavy atom. The number of hydrogen-bond donors (Lipinski definition) is 1. The molecule has 18 heavy (non-hydrogen) atoms. The highest BCUT2D eigenvalue weighted by atomic mass is 32.1. The number of likely N-dealkylation sites (N-methyl/N-ethyl adjacent to an activating group) is 1. The van der Waals surface area contributed by atoms with E-state index in [1.165, 1.54) is 15.3 Å². The lowest BCUT2D eigenvalue weighted by Crippen LogP contribution is -2.22. The molecule has 2 heterocycles. The third kappa shape index (κ3) is 3.40. The Hall–Kier alpha value is -1.19. The summed E-state index contributed by atoms with van der Waals surface area (Å²) < 4.78 is 0. The van der Waals surface area contributed by atoms with Gasteiger partial charge in [-0.05, 0) is 42.8 Å². The van der Waals surface area contributed by atoms with E-state index in [1.54, 1.807) is 0 Å². The Bertz CT molecular complexity index is 464. The Morgan fingerprint density at radius 1 is 1.11 bits per heavy atom. The number of nitrogens with one attached hydrogen (secondary N) is 1. The zero-order chi connectivity index (χ0) is 12.8. The number of nitrogens with zero attached hydrogens (tertiary/aromatic N) is 1. The number of rotatable bonds is 6. The Labute approximate surface area is 113 Å². The van der Waals surface area contributed by atoms with E-state index in [1.807, 2.05) is 23.7 Å². The zero-order valence-corrected chi connectivity index (χ0v) is 11.8. The zero-order valence-electron chi connectivity index (χ0n) is 11.0. The van der Waals surface area contributed by atoms with Crippen molar-refractivity contribution in [2.45, 2.75) is 32.7 Å². The first-order chi connectivity index (χ1) is 8.83. The molecule has 96 valence electrons. The van der Waals surface area contributed by atoms with E-state index in [2.05, 4.69) is 48.4 Å². The van der Waals surface area contributed by atoms with Crippen LogP contribution in [0.25, 0.3) is 0 Å². The fourth-order valence-electron chi connectivity index (χ4n) is 2.07. The van der Waals surface area contributed by atoms with Crippen molar-refractivity contribution < 1.29 is 0 Å². The molecule has 2 nitrogen and oxygen atoms in total. The first-order valence-electron chi connectivity index (χ1n) is 6.54. The van der Waals surface area contributed by atoms with Gasteiger partial charge in [0.1, 0.15) is 0 Å².